The van der Waals surface area contributed by atoms with E-state index in [1.54, 1.807) is 6.20 Å². The van der Waals surface area contributed by atoms with Gasteiger partial charge in [0.05, 0.1) is 12.2 Å². The van der Waals surface area contributed by atoms with Gasteiger partial charge in [0.1, 0.15) is 5.82 Å². The zero-order valence-electron chi connectivity index (χ0n) is 8.50. The van der Waals surface area contributed by atoms with E-state index < -0.39 is 6.04 Å². The number of rotatable bonds is 4. The summed E-state index contributed by atoms with van der Waals surface area (Å²) < 4.78 is 0. The highest BCUT2D eigenvalue weighted by Gasteiger charge is 2.13. The van der Waals surface area contributed by atoms with Gasteiger partial charge in [-0.1, -0.05) is 13.8 Å². The van der Waals surface area contributed by atoms with Crippen LogP contribution in [-0.4, -0.2) is 22.1 Å². The van der Waals surface area contributed by atoms with Crippen molar-refractivity contribution < 1.29 is 4.79 Å². The molecular formula is C9H16N4O. The lowest BCUT2D eigenvalue weighted by molar-refractivity contribution is -0.117. The number of carbonyl (C=O) groups is 1. The molecule has 0 unspecified atom stereocenters. The number of H-pyrrole nitrogens is 1. The van der Waals surface area contributed by atoms with E-state index in [1.807, 2.05) is 13.8 Å². The molecule has 0 aromatic carbocycles. The van der Waals surface area contributed by atoms with Crippen LogP contribution in [0.5, 0.6) is 0 Å². The Morgan fingerprint density at radius 2 is 2.43 bits per heavy atom. The molecule has 0 spiro atoms. The molecule has 1 amide bonds. The van der Waals surface area contributed by atoms with Crippen molar-refractivity contribution in [2.75, 3.05) is 5.32 Å². The molecule has 0 radical (unpaired) electrons. The van der Waals surface area contributed by atoms with E-state index in [-0.39, 0.29) is 5.91 Å². The maximum Gasteiger partial charge on any atom is 0.242 e. The minimum Gasteiger partial charge on any atom is -0.320 e. The second kappa shape index (κ2) is 4.76. The van der Waals surface area contributed by atoms with Gasteiger partial charge in [-0.25, -0.2) is 0 Å². The molecule has 5 heteroatoms. The molecule has 0 saturated heterocycles. The first kappa shape index (κ1) is 10.7. The molecule has 1 aromatic heterocycles. The molecule has 4 N–H and O–H groups in total. The molecule has 0 fully saturated rings. The van der Waals surface area contributed by atoms with Gasteiger partial charge in [-0.2, -0.15) is 5.10 Å². The lowest BCUT2D eigenvalue weighted by Gasteiger charge is -2.09. The second-order valence-electron chi connectivity index (χ2n) is 3.13. The van der Waals surface area contributed by atoms with E-state index in [0.29, 0.717) is 12.2 Å². The third kappa shape index (κ3) is 2.32. The lowest BCUT2D eigenvalue weighted by atomic mass is 10.2. The Labute approximate surface area is 83.1 Å². The number of amides is 1. The molecular weight excluding hydrogens is 180 g/mol. The molecule has 78 valence electrons. The second-order valence-corrected chi connectivity index (χ2v) is 3.13. The SMILES string of the molecule is CCc1cn[nH]c1NC(=O)[C@@H](N)CC. The largest absolute Gasteiger partial charge is 0.320 e. The Bertz CT molecular complexity index is 308. The normalized spacial score (nSPS) is 12.5. The number of aryl methyl sites for hydroxylation is 1. The lowest BCUT2D eigenvalue weighted by Crippen LogP contribution is -2.35. The summed E-state index contributed by atoms with van der Waals surface area (Å²) in [6.45, 7) is 3.87. The zero-order valence-corrected chi connectivity index (χ0v) is 8.50. The number of hydrogen-bond acceptors (Lipinski definition) is 3. The maximum absolute atomic E-state index is 11.4. The Kier molecular flexibility index (Phi) is 3.64. The average molecular weight is 196 g/mol. The molecule has 0 aliphatic heterocycles. The summed E-state index contributed by atoms with van der Waals surface area (Å²) in [6.07, 6.45) is 3.15. The molecule has 0 aliphatic carbocycles. The number of hydrogen-bond donors (Lipinski definition) is 3. The smallest absolute Gasteiger partial charge is 0.242 e. The van der Waals surface area contributed by atoms with Crippen LogP contribution in [0, 0.1) is 0 Å². The van der Waals surface area contributed by atoms with Crippen LogP contribution in [0.25, 0.3) is 0 Å². The Morgan fingerprint density at radius 1 is 1.71 bits per heavy atom. The summed E-state index contributed by atoms with van der Waals surface area (Å²) in [6, 6.07) is -0.456. The number of nitrogens with one attached hydrogen (secondary N) is 2. The fraction of sp³-hybridized carbons (Fsp3) is 0.556. The van der Waals surface area contributed by atoms with Crippen molar-refractivity contribution in [3.05, 3.63) is 11.8 Å². The standard InChI is InChI=1S/C9H16N4O/c1-3-6-5-11-13-8(6)12-9(14)7(10)4-2/h5,7H,3-4,10H2,1-2H3,(H2,11,12,13,14)/t7-/m0/s1. The maximum atomic E-state index is 11.4. The van der Waals surface area contributed by atoms with Gasteiger partial charge in [-0.15, -0.1) is 0 Å². The van der Waals surface area contributed by atoms with E-state index in [2.05, 4.69) is 15.5 Å². The Morgan fingerprint density at radius 3 is 3.00 bits per heavy atom. The first-order valence-electron chi connectivity index (χ1n) is 4.77. The van der Waals surface area contributed by atoms with Gasteiger partial charge in [-0.3, -0.25) is 9.89 Å². The van der Waals surface area contributed by atoms with Gasteiger partial charge < -0.3 is 11.1 Å². The molecule has 1 heterocycles. The number of nitrogens with two attached hydrogens (primary N) is 1. The van der Waals surface area contributed by atoms with Crippen molar-refractivity contribution in [1.82, 2.24) is 10.2 Å². The third-order valence-electron chi connectivity index (χ3n) is 2.12. The molecule has 5 nitrogen and oxygen atoms in total. The van der Waals surface area contributed by atoms with E-state index >= 15 is 0 Å². The molecule has 0 saturated carbocycles. The van der Waals surface area contributed by atoms with Gasteiger partial charge in [0, 0.05) is 5.56 Å². The average Bonchev–Trinajstić information content (AvgIpc) is 2.63. The zero-order chi connectivity index (χ0) is 10.6. The van der Waals surface area contributed by atoms with Crippen molar-refractivity contribution in [3.8, 4) is 0 Å². The topological polar surface area (TPSA) is 83.8 Å². The highest BCUT2D eigenvalue weighted by Crippen LogP contribution is 2.11. The molecule has 1 atom stereocenters. The third-order valence-corrected chi connectivity index (χ3v) is 2.12. The highest BCUT2D eigenvalue weighted by molar-refractivity contribution is 5.94. The summed E-state index contributed by atoms with van der Waals surface area (Å²) in [4.78, 5) is 11.4. The van der Waals surface area contributed by atoms with Crippen LogP contribution in [0.1, 0.15) is 25.8 Å². The molecule has 1 aromatic rings. The number of carbonyl (C=O) groups excluding carboxylic acids is 1. The first-order valence-corrected chi connectivity index (χ1v) is 4.77. The quantitative estimate of drug-likeness (QED) is 0.661. The Balaban J connectivity index is 2.64. The van der Waals surface area contributed by atoms with Gasteiger partial charge in [0.15, 0.2) is 0 Å². The van der Waals surface area contributed by atoms with Crippen LogP contribution in [0.2, 0.25) is 0 Å². The van der Waals surface area contributed by atoms with Crippen molar-refractivity contribution in [1.29, 1.82) is 0 Å². The summed E-state index contributed by atoms with van der Waals surface area (Å²) in [7, 11) is 0. The molecule has 14 heavy (non-hydrogen) atoms. The van der Waals surface area contributed by atoms with Crippen molar-refractivity contribution in [2.45, 2.75) is 32.7 Å². The predicted molar refractivity (Wildman–Crippen MR) is 54.9 cm³/mol. The van der Waals surface area contributed by atoms with Gasteiger partial charge in [-0.05, 0) is 12.8 Å². The summed E-state index contributed by atoms with van der Waals surface area (Å²) in [5, 5.41) is 9.29. The minimum atomic E-state index is -0.456. The first-order chi connectivity index (χ1) is 6.69. The van der Waals surface area contributed by atoms with Crippen LogP contribution in [0.15, 0.2) is 6.20 Å². The summed E-state index contributed by atoms with van der Waals surface area (Å²) in [5.74, 6) is 0.479. The van der Waals surface area contributed by atoms with E-state index in [9.17, 15) is 4.79 Å². The monoisotopic (exact) mass is 196 g/mol. The van der Waals surface area contributed by atoms with E-state index in [1.165, 1.54) is 0 Å². The number of anilines is 1. The highest BCUT2D eigenvalue weighted by atomic mass is 16.2. The van der Waals surface area contributed by atoms with Gasteiger partial charge in [0.25, 0.3) is 0 Å². The van der Waals surface area contributed by atoms with Crippen LogP contribution in [-0.2, 0) is 11.2 Å². The predicted octanol–water partition coefficient (Wildman–Crippen LogP) is 0.648. The van der Waals surface area contributed by atoms with Crippen LogP contribution in [0.4, 0.5) is 5.82 Å². The summed E-state index contributed by atoms with van der Waals surface area (Å²) >= 11 is 0. The number of nitrogens with zero attached hydrogens (tertiary/aromatic N) is 1. The van der Waals surface area contributed by atoms with Crippen LogP contribution >= 0.6 is 0 Å². The van der Waals surface area contributed by atoms with Crippen molar-refractivity contribution in [2.24, 2.45) is 5.73 Å². The van der Waals surface area contributed by atoms with E-state index in [0.717, 1.165) is 12.0 Å². The summed E-state index contributed by atoms with van der Waals surface area (Å²) in [5.41, 5.74) is 6.57. The van der Waals surface area contributed by atoms with Gasteiger partial charge in [0.2, 0.25) is 5.91 Å². The fourth-order valence-corrected chi connectivity index (χ4v) is 1.09. The van der Waals surface area contributed by atoms with Crippen LogP contribution in [0.3, 0.4) is 0 Å². The molecule has 0 aliphatic rings. The van der Waals surface area contributed by atoms with E-state index in [4.69, 9.17) is 5.73 Å². The van der Waals surface area contributed by atoms with Crippen molar-refractivity contribution >= 4 is 11.7 Å². The number of aromatic amines is 1. The number of aromatic nitrogens is 2. The Hall–Kier alpha value is -1.36. The van der Waals surface area contributed by atoms with Crippen LogP contribution < -0.4 is 11.1 Å². The van der Waals surface area contributed by atoms with Crippen molar-refractivity contribution in [3.63, 3.8) is 0 Å². The molecule has 0 bridgehead atoms. The fourth-order valence-electron chi connectivity index (χ4n) is 1.09. The molecule has 1 rings (SSSR count). The minimum absolute atomic E-state index is 0.175. The van der Waals surface area contributed by atoms with Gasteiger partial charge >= 0.3 is 0 Å².